The van der Waals surface area contributed by atoms with Gasteiger partial charge in [0.15, 0.2) is 0 Å². The Balaban J connectivity index is 1.75. The van der Waals surface area contributed by atoms with Gasteiger partial charge in [-0.1, -0.05) is 0 Å². The van der Waals surface area contributed by atoms with Crippen LogP contribution in [0.1, 0.15) is 12.8 Å². The van der Waals surface area contributed by atoms with Gasteiger partial charge in [0.05, 0.1) is 6.61 Å². The van der Waals surface area contributed by atoms with E-state index < -0.39 is 0 Å². The van der Waals surface area contributed by atoms with E-state index in [-0.39, 0.29) is 0 Å². The molecule has 1 aromatic rings. The summed E-state index contributed by atoms with van der Waals surface area (Å²) in [6.07, 6.45) is 5.92. The van der Waals surface area contributed by atoms with Gasteiger partial charge >= 0.3 is 0 Å². The maximum Gasteiger partial charge on any atom is 0.217 e. The van der Waals surface area contributed by atoms with E-state index in [2.05, 4.69) is 15.3 Å². The van der Waals surface area contributed by atoms with Gasteiger partial charge in [0, 0.05) is 6.07 Å². The highest BCUT2D eigenvalue weighted by Gasteiger charge is 2.14. The molecular formula is C11H17N3OS. The summed E-state index contributed by atoms with van der Waals surface area (Å²) in [7, 11) is 0. The van der Waals surface area contributed by atoms with Gasteiger partial charge in [-0.15, -0.1) is 11.8 Å². The van der Waals surface area contributed by atoms with E-state index in [9.17, 15) is 0 Å². The van der Waals surface area contributed by atoms with Gasteiger partial charge in [-0.25, -0.2) is 9.97 Å². The molecular weight excluding hydrogens is 222 g/mol. The van der Waals surface area contributed by atoms with Crippen molar-refractivity contribution in [2.24, 2.45) is 5.92 Å². The molecule has 5 heteroatoms. The number of nitrogens with zero attached hydrogens (tertiary/aromatic N) is 2. The lowest BCUT2D eigenvalue weighted by Gasteiger charge is -2.09. The van der Waals surface area contributed by atoms with E-state index in [1.54, 1.807) is 18.1 Å². The lowest BCUT2D eigenvalue weighted by molar-refractivity contribution is 0.272. The van der Waals surface area contributed by atoms with E-state index in [0.29, 0.717) is 5.88 Å². The molecule has 0 radical (unpaired) electrons. The largest absolute Gasteiger partial charge is 0.478 e. The topological polar surface area (TPSA) is 47.0 Å². The molecule has 1 fully saturated rings. The zero-order valence-corrected chi connectivity index (χ0v) is 10.3. The van der Waals surface area contributed by atoms with Crippen LogP contribution in [0.2, 0.25) is 0 Å². The summed E-state index contributed by atoms with van der Waals surface area (Å²) in [5.41, 5.74) is 0. The quantitative estimate of drug-likeness (QED) is 0.624. The van der Waals surface area contributed by atoms with Crippen LogP contribution in [0.4, 0.5) is 0 Å². The number of hydrogen-bond donors (Lipinski definition) is 1. The van der Waals surface area contributed by atoms with Crippen molar-refractivity contribution in [1.29, 1.82) is 0 Å². The minimum absolute atomic E-state index is 0.685. The first-order valence-electron chi connectivity index (χ1n) is 5.58. The molecule has 1 N–H and O–H groups in total. The van der Waals surface area contributed by atoms with Crippen molar-refractivity contribution in [3.63, 3.8) is 0 Å². The molecule has 0 saturated carbocycles. The summed E-state index contributed by atoms with van der Waals surface area (Å²) >= 11 is 1.60. The van der Waals surface area contributed by atoms with E-state index in [1.807, 2.05) is 12.3 Å². The molecule has 88 valence electrons. The van der Waals surface area contributed by atoms with Crippen LogP contribution in [0.3, 0.4) is 0 Å². The molecule has 1 saturated heterocycles. The standard InChI is InChI=1S/C11H17N3OS/c1-16-11-6-10(13-8-14-11)15-5-3-9-2-4-12-7-9/h6,8-9,12H,2-5,7H2,1H3. The lowest BCUT2D eigenvalue weighted by Crippen LogP contribution is -2.12. The van der Waals surface area contributed by atoms with Gasteiger partial charge in [-0.2, -0.15) is 0 Å². The van der Waals surface area contributed by atoms with Crippen molar-refractivity contribution >= 4 is 11.8 Å². The highest BCUT2D eigenvalue weighted by atomic mass is 32.2. The van der Waals surface area contributed by atoms with Gasteiger partial charge in [-0.3, -0.25) is 0 Å². The van der Waals surface area contributed by atoms with Crippen LogP contribution in [-0.2, 0) is 0 Å². The molecule has 0 bridgehead atoms. The minimum atomic E-state index is 0.685. The Kier molecular flexibility index (Phi) is 4.42. The predicted octanol–water partition coefficient (Wildman–Crippen LogP) is 1.58. The Bertz CT molecular complexity index is 329. The van der Waals surface area contributed by atoms with Gasteiger partial charge in [0.1, 0.15) is 11.4 Å². The fourth-order valence-electron chi connectivity index (χ4n) is 1.80. The fraction of sp³-hybridized carbons (Fsp3) is 0.636. The van der Waals surface area contributed by atoms with Crippen molar-refractivity contribution in [3.05, 3.63) is 12.4 Å². The maximum absolute atomic E-state index is 5.62. The van der Waals surface area contributed by atoms with Crippen LogP contribution in [0.15, 0.2) is 17.4 Å². The third kappa shape index (κ3) is 3.35. The Labute approximate surface area is 100 Å². The second-order valence-electron chi connectivity index (χ2n) is 3.89. The summed E-state index contributed by atoms with van der Waals surface area (Å²) in [4.78, 5) is 8.19. The molecule has 1 aromatic heterocycles. The van der Waals surface area contributed by atoms with E-state index in [1.165, 1.54) is 6.42 Å². The van der Waals surface area contributed by atoms with Crippen molar-refractivity contribution in [3.8, 4) is 5.88 Å². The maximum atomic E-state index is 5.62. The van der Waals surface area contributed by atoms with Crippen LogP contribution in [0.5, 0.6) is 5.88 Å². The number of ether oxygens (including phenoxy) is 1. The number of thioether (sulfide) groups is 1. The van der Waals surface area contributed by atoms with Gasteiger partial charge in [0.2, 0.25) is 5.88 Å². The van der Waals surface area contributed by atoms with Crippen molar-refractivity contribution in [2.75, 3.05) is 26.0 Å². The Morgan fingerprint density at radius 1 is 1.56 bits per heavy atom. The Morgan fingerprint density at radius 3 is 3.25 bits per heavy atom. The number of rotatable bonds is 5. The second-order valence-corrected chi connectivity index (χ2v) is 4.72. The molecule has 0 aromatic carbocycles. The molecule has 0 amide bonds. The first kappa shape index (κ1) is 11.7. The fourth-order valence-corrected chi connectivity index (χ4v) is 2.18. The summed E-state index contributed by atoms with van der Waals surface area (Å²) in [6.45, 7) is 3.02. The first-order chi connectivity index (χ1) is 7.88. The minimum Gasteiger partial charge on any atom is -0.478 e. The zero-order chi connectivity index (χ0) is 11.2. The van der Waals surface area contributed by atoms with Gasteiger partial charge in [0.25, 0.3) is 0 Å². The van der Waals surface area contributed by atoms with Gasteiger partial charge in [-0.05, 0) is 38.1 Å². The molecule has 0 spiro atoms. The highest BCUT2D eigenvalue weighted by Crippen LogP contribution is 2.17. The van der Waals surface area contributed by atoms with E-state index in [0.717, 1.165) is 37.1 Å². The molecule has 0 aliphatic carbocycles. The van der Waals surface area contributed by atoms with Crippen LogP contribution >= 0.6 is 11.8 Å². The van der Waals surface area contributed by atoms with Crippen molar-refractivity contribution < 1.29 is 4.74 Å². The number of nitrogens with one attached hydrogen (secondary N) is 1. The second kappa shape index (κ2) is 6.06. The number of aromatic nitrogens is 2. The molecule has 2 heterocycles. The average Bonchev–Trinajstić information content (AvgIpc) is 2.82. The molecule has 1 unspecified atom stereocenters. The highest BCUT2D eigenvalue weighted by molar-refractivity contribution is 7.98. The summed E-state index contributed by atoms with van der Waals surface area (Å²) < 4.78 is 5.62. The first-order valence-corrected chi connectivity index (χ1v) is 6.80. The third-order valence-corrected chi connectivity index (χ3v) is 3.41. The van der Waals surface area contributed by atoms with Crippen molar-refractivity contribution in [2.45, 2.75) is 17.9 Å². The molecule has 4 nitrogen and oxygen atoms in total. The van der Waals surface area contributed by atoms with Gasteiger partial charge < -0.3 is 10.1 Å². The van der Waals surface area contributed by atoms with E-state index >= 15 is 0 Å². The predicted molar refractivity (Wildman–Crippen MR) is 64.9 cm³/mol. The summed E-state index contributed by atoms with van der Waals surface area (Å²) in [5.74, 6) is 1.45. The van der Waals surface area contributed by atoms with Crippen molar-refractivity contribution in [1.82, 2.24) is 15.3 Å². The molecule has 2 rings (SSSR count). The lowest BCUT2D eigenvalue weighted by atomic mass is 10.1. The normalized spacial score (nSPS) is 19.9. The third-order valence-electron chi connectivity index (χ3n) is 2.76. The summed E-state index contributed by atoms with van der Waals surface area (Å²) in [5, 5.41) is 4.31. The average molecular weight is 239 g/mol. The molecule has 16 heavy (non-hydrogen) atoms. The summed E-state index contributed by atoms with van der Waals surface area (Å²) in [6, 6.07) is 1.89. The van der Waals surface area contributed by atoms with Crippen LogP contribution in [-0.4, -0.2) is 35.9 Å². The smallest absolute Gasteiger partial charge is 0.217 e. The molecule has 1 aliphatic rings. The molecule has 1 atom stereocenters. The Morgan fingerprint density at radius 2 is 2.50 bits per heavy atom. The van der Waals surface area contributed by atoms with Crippen LogP contribution < -0.4 is 10.1 Å². The number of hydrogen-bond acceptors (Lipinski definition) is 5. The zero-order valence-electron chi connectivity index (χ0n) is 9.48. The Hall–Kier alpha value is -0.810. The monoisotopic (exact) mass is 239 g/mol. The van der Waals surface area contributed by atoms with Crippen LogP contribution in [0, 0.1) is 5.92 Å². The SMILES string of the molecule is CSc1cc(OCCC2CCNC2)ncn1. The van der Waals surface area contributed by atoms with E-state index in [4.69, 9.17) is 4.74 Å². The molecule has 1 aliphatic heterocycles. The van der Waals surface area contributed by atoms with Crippen LogP contribution in [0.25, 0.3) is 0 Å².